The number of esters is 1. The van der Waals surface area contributed by atoms with Crippen molar-refractivity contribution in [2.45, 2.75) is 20.5 Å². The first-order valence-corrected chi connectivity index (χ1v) is 8.12. The van der Waals surface area contributed by atoms with Gasteiger partial charge >= 0.3 is 5.97 Å². The third-order valence-electron chi connectivity index (χ3n) is 3.27. The van der Waals surface area contributed by atoms with Gasteiger partial charge in [0.2, 0.25) is 5.76 Å². The molecule has 132 valence electrons. The van der Waals surface area contributed by atoms with Gasteiger partial charge < -0.3 is 14.2 Å². The van der Waals surface area contributed by atoms with Gasteiger partial charge in [-0.05, 0) is 43.2 Å². The van der Waals surface area contributed by atoms with Crippen molar-refractivity contribution in [3.63, 3.8) is 0 Å². The summed E-state index contributed by atoms with van der Waals surface area (Å²) in [6, 6.07) is 14.0. The quantitative estimate of drug-likeness (QED) is 0.406. The summed E-state index contributed by atoms with van der Waals surface area (Å²) >= 11 is 0. The highest BCUT2D eigenvalue weighted by atomic mass is 19.1. The number of halogens is 1. The molecule has 0 radical (unpaired) electrons. The fourth-order valence-electron chi connectivity index (χ4n) is 2.13. The molecule has 0 saturated heterocycles. The zero-order valence-electron chi connectivity index (χ0n) is 14.3. The van der Waals surface area contributed by atoms with Crippen molar-refractivity contribution >= 4 is 12.0 Å². The van der Waals surface area contributed by atoms with E-state index in [0.29, 0.717) is 12.2 Å². The predicted octanol–water partition coefficient (Wildman–Crippen LogP) is 4.35. The Morgan fingerprint density at radius 1 is 1.04 bits per heavy atom. The van der Waals surface area contributed by atoms with E-state index in [2.05, 4.69) is 0 Å². The molecule has 0 aliphatic rings. The normalized spacial score (nSPS) is 11.1. The van der Waals surface area contributed by atoms with Gasteiger partial charge in [-0.1, -0.05) is 36.4 Å². The molecule has 0 amide bonds. The lowest BCUT2D eigenvalue weighted by Gasteiger charge is -2.09. The van der Waals surface area contributed by atoms with Crippen LogP contribution < -0.4 is 4.74 Å². The zero-order valence-corrected chi connectivity index (χ0v) is 14.3. The Bertz CT molecular complexity index is 726. The first kappa shape index (κ1) is 18.5. The maximum atomic E-state index is 14.2. The topological polar surface area (TPSA) is 44.8 Å². The summed E-state index contributed by atoms with van der Waals surface area (Å²) in [6.07, 6.45) is 1.45. The Morgan fingerprint density at radius 3 is 2.40 bits per heavy atom. The molecule has 0 aromatic heterocycles. The van der Waals surface area contributed by atoms with Crippen LogP contribution in [0.1, 0.15) is 25.0 Å². The molecule has 0 fully saturated rings. The second-order valence-electron chi connectivity index (χ2n) is 5.13. The molecule has 2 rings (SSSR count). The van der Waals surface area contributed by atoms with Gasteiger partial charge in [-0.3, -0.25) is 0 Å². The zero-order chi connectivity index (χ0) is 18.1. The lowest BCUT2D eigenvalue weighted by molar-refractivity contribution is -0.142. The Balaban J connectivity index is 2.11. The van der Waals surface area contributed by atoms with Crippen LogP contribution in [0.4, 0.5) is 4.39 Å². The van der Waals surface area contributed by atoms with E-state index in [1.165, 1.54) is 18.2 Å². The molecule has 0 spiro atoms. The van der Waals surface area contributed by atoms with Gasteiger partial charge in [0.25, 0.3) is 0 Å². The number of carbonyl (C=O) groups excluding carboxylic acids is 1. The minimum absolute atomic E-state index is 0.0432. The average Bonchev–Trinajstić information content (AvgIpc) is 2.62. The minimum atomic E-state index is -0.575. The minimum Gasteiger partial charge on any atom is -0.487 e. The number of benzene rings is 2. The monoisotopic (exact) mass is 344 g/mol. The highest BCUT2D eigenvalue weighted by Crippen LogP contribution is 2.21. The largest absolute Gasteiger partial charge is 0.487 e. The van der Waals surface area contributed by atoms with Crippen molar-refractivity contribution in [3.8, 4) is 5.75 Å². The van der Waals surface area contributed by atoms with Crippen molar-refractivity contribution in [3.05, 3.63) is 71.2 Å². The van der Waals surface area contributed by atoms with Crippen LogP contribution in [0, 0.1) is 5.82 Å². The number of rotatable bonds is 8. The summed E-state index contributed by atoms with van der Waals surface area (Å²) in [5, 5.41) is 0. The van der Waals surface area contributed by atoms with Crippen LogP contribution in [0.3, 0.4) is 0 Å². The Labute approximate surface area is 146 Å². The third kappa shape index (κ3) is 5.64. The fourth-order valence-corrected chi connectivity index (χ4v) is 2.13. The first-order valence-electron chi connectivity index (χ1n) is 8.12. The van der Waals surface area contributed by atoms with Gasteiger partial charge in [0.15, 0.2) is 11.6 Å². The average molecular weight is 344 g/mol. The van der Waals surface area contributed by atoms with Gasteiger partial charge in [-0.25, -0.2) is 9.18 Å². The summed E-state index contributed by atoms with van der Waals surface area (Å²) in [5.74, 6) is -0.893. The second-order valence-corrected chi connectivity index (χ2v) is 5.13. The molecule has 0 N–H and O–H groups in total. The van der Waals surface area contributed by atoms with Gasteiger partial charge in [-0.2, -0.15) is 0 Å². The molecule has 0 bridgehead atoms. The highest BCUT2D eigenvalue weighted by molar-refractivity contribution is 5.91. The van der Waals surface area contributed by atoms with E-state index < -0.39 is 11.8 Å². The van der Waals surface area contributed by atoms with E-state index in [4.69, 9.17) is 14.2 Å². The van der Waals surface area contributed by atoms with Gasteiger partial charge in [0, 0.05) is 0 Å². The molecular weight excluding hydrogens is 323 g/mol. The van der Waals surface area contributed by atoms with Gasteiger partial charge in [-0.15, -0.1) is 0 Å². The molecule has 25 heavy (non-hydrogen) atoms. The molecule has 0 aliphatic carbocycles. The van der Waals surface area contributed by atoms with E-state index in [1.807, 2.05) is 30.3 Å². The molecule has 0 atom stereocenters. The Morgan fingerprint density at radius 2 is 1.76 bits per heavy atom. The number of hydrogen-bond acceptors (Lipinski definition) is 4. The highest BCUT2D eigenvalue weighted by Gasteiger charge is 2.13. The molecule has 0 saturated carbocycles. The number of ether oxygens (including phenoxy) is 3. The summed E-state index contributed by atoms with van der Waals surface area (Å²) in [4.78, 5) is 11.8. The summed E-state index contributed by atoms with van der Waals surface area (Å²) in [6.45, 7) is 4.30. The van der Waals surface area contributed by atoms with Crippen LogP contribution in [-0.4, -0.2) is 19.2 Å². The van der Waals surface area contributed by atoms with E-state index >= 15 is 0 Å². The predicted molar refractivity (Wildman–Crippen MR) is 93.4 cm³/mol. The Kier molecular flexibility index (Phi) is 7.01. The molecule has 2 aromatic rings. The summed E-state index contributed by atoms with van der Waals surface area (Å²) in [5.41, 5.74) is 1.44. The third-order valence-corrected chi connectivity index (χ3v) is 3.27. The molecule has 4 nitrogen and oxygen atoms in total. The fraction of sp³-hybridized carbons (Fsp3) is 0.250. The van der Waals surface area contributed by atoms with Crippen LogP contribution in [0.25, 0.3) is 6.08 Å². The maximum absolute atomic E-state index is 14.2. The molecule has 5 heteroatoms. The van der Waals surface area contributed by atoms with Gasteiger partial charge in [0.05, 0.1) is 13.2 Å². The number of hydrogen-bond donors (Lipinski definition) is 0. The first-order chi connectivity index (χ1) is 12.1. The molecule has 0 heterocycles. The van der Waals surface area contributed by atoms with E-state index in [1.54, 1.807) is 19.9 Å². The molecular formula is C20H21FO4. The van der Waals surface area contributed by atoms with Crippen LogP contribution in [0.2, 0.25) is 0 Å². The van der Waals surface area contributed by atoms with E-state index in [0.717, 1.165) is 5.56 Å². The lowest BCUT2D eigenvalue weighted by Crippen LogP contribution is -2.10. The van der Waals surface area contributed by atoms with Crippen molar-refractivity contribution in [2.24, 2.45) is 0 Å². The van der Waals surface area contributed by atoms with E-state index in [-0.39, 0.29) is 24.7 Å². The summed E-state index contributed by atoms with van der Waals surface area (Å²) < 4.78 is 29.9. The van der Waals surface area contributed by atoms with Crippen molar-refractivity contribution in [1.29, 1.82) is 0 Å². The molecule has 0 unspecified atom stereocenters. The Hall–Kier alpha value is -2.82. The second kappa shape index (κ2) is 9.47. The van der Waals surface area contributed by atoms with Crippen LogP contribution in [-0.2, 0) is 20.9 Å². The van der Waals surface area contributed by atoms with Crippen molar-refractivity contribution in [1.82, 2.24) is 0 Å². The summed E-state index contributed by atoms with van der Waals surface area (Å²) in [7, 11) is 0. The maximum Gasteiger partial charge on any atom is 0.373 e. The van der Waals surface area contributed by atoms with Crippen molar-refractivity contribution in [2.75, 3.05) is 13.2 Å². The van der Waals surface area contributed by atoms with Crippen molar-refractivity contribution < 1.29 is 23.4 Å². The number of carbonyl (C=O) groups is 1. The van der Waals surface area contributed by atoms with Gasteiger partial charge in [0.1, 0.15) is 6.61 Å². The SMILES string of the molecule is CCOC(=O)C(=Cc1ccc(OCc2ccccc2)c(F)c1)OCC. The smallest absolute Gasteiger partial charge is 0.373 e. The standard InChI is InChI=1S/C20H21FO4/c1-3-23-19(20(22)24-4-2)13-16-10-11-18(17(21)12-16)25-14-15-8-6-5-7-9-15/h5-13H,3-4,14H2,1-2H3. The lowest BCUT2D eigenvalue weighted by atomic mass is 10.2. The molecule has 2 aromatic carbocycles. The molecule has 0 aliphatic heterocycles. The van der Waals surface area contributed by atoms with Crippen LogP contribution in [0.5, 0.6) is 5.75 Å². The van der Waals surface area contributed by atoms with E-state index in [9.17, 15) is 9.18 Å². The van der Waals surface area contributed by atoms with Crippen LogP contribution >= 0.6 is 0 Å². The van der Waals surface area contributed by atoms with Crippen LogP contribution in [0.15, 0.2) is 54.3 Å².